The standard InChI is InChI=1S/C25H18BrNO2/c26-15-9-11-16(12-10-15)27-22(28)14-25(24(27)29)13-21-17-5-1-3-7-19(17)23(25)20-8-4-2-6-18(20)21/h1-12,21,23H,13-14H2. The Morgan fingerprint density at radius 3 is 1.93 bits per heavy atom. The molecule has 29 heavy (non-hydrogen) atoms. The SMILES string of the molecule is O=C1CC2(CC3c4ccccc4C2c2ccccc23)C(=O)N1c1ccc(Br)cc1. The van der Waals surface area contributed by atoms with E-state index in [1.54, 1.807) is 0 Å². The number of benzene rings is 3. The van der Waals surface area contributed by atoms with E-state index in [4.69, 9.17) is 0 Å². The molecule has 1 fully saturated rings. The Balaban J connectivity index is 1.54. The van der Waals surface area contributed by atoms with Crippen molar-refractivity contribution in [3.05, 3.63) is 99.5 Å². The highest BCUT2D eigenvalue weighted by Crippen LogP contribution is 2.64. The summed E-state index contributed by atoms with van der Waals surface area (Å²) >= 11 is 3.43. The third-order valence-corrected chi connectivity index (χ3v) is 7.44. The number of imide groups is 1. The van der Waals surface area contributed by atoms with Gasteiger partial charge in [-0.1, -0.05) is 64.5 Å². The van der Waals surface area contributed by atoms with Crippen molar-refractivity contribution in [2.45, 2.75) is 24.7 Å². The third kappa shape index (κ3) is 2.18. The summed E-state index contributed by atoms with van der Waals surface area (Å²) in [6.45, 7) is 0. The molecule has 4 aliphatic rings. The summed E-state index contributed by atoms with van der Waals surface area (Å²) in [7, 11) is 0. The Bertz CT molecular complexity index is 1140. The Kier molecular flexibility index (Phi) is 3.49. The van der Waals surface area contributed by atoms with Crippen LogP contribution in [0.3, 0.4) is 0 Å². The number of carbonyl (C=O) groups excluding carboxylic acids is 2. The van der Waals surface area contributed by atoms with Gasteiger partial charge < -0.3 is 0 Å². The first-order chi connectivity index (χ1) is 14.1. The molecule has 0 aromatic heterocycles. The molecule has 7 rings (SSSR count). The summed E-state index contributed by atoms with van der Waals surface area (Å²) in [6.07, 6.45) is 0.967. The molecule has 3 aliphatic carbocycles. The van der Waals surface area contributed by atoms with Crippen molar-refractivity contribution in [1.29, 1.82) is 0 Å². The predicted molar refractivity (Wildman–Crippen MR) is 115 cm³/mol. The number of hydrogen-bond acceptors (Lipinski definition) is 2. The molecule has 0 saturated carbocycles. The van der Waals surface area contributed by atoms with Gasteiger partial charge in [0, 0.05) is 22.7 Å². The number of nitrogens with zero attached hydrogens (tertiary/aromatic N) is 1. The van der Waals surface area contributed by atoms with Crippen molar-refractivity contribution in [2.75, 3.05) is 4.90 Å². The summed E-state index contributed by atoms with van der Waals surface area (Å²) < 4.78 is 0.926. The number of hydrogen-bond donors (Lipinski definition) is 0. The summed E-state index contributed by atoms with van der Waals surface area (Å²) in [4.78, 5) is 28.4. The molecule has 1 saturated heterocycles. The first-order valence-electron chi connectivity index (χ1n) is 9.91. The Morgan fingerprint density at radius 2 is 1.34 bits per heavy atom. The molecule has 3 aromatic carbocycles. The maximum absolute atomic E-state index is 13.9. The summed E-state index contributed by atoms with van der Waals surface area (Å²) in [5, 5.41) is 0. The van der Waals surface area contributed by atoms with E-state index < -0.39 is 5.41 Å². The van der Waals surface area contributed by atoms with Gasteiger partial charge >= 0.3 is 0 Å². The topological polar surface area (TPSA) is 37.4 Å². The van der Waals surface area contributed by atoms with Crippen molar-refractivity contribution in [3.8, 4) is 0 Å². The normalized spacial score (nSPS) is 26.7. The third-order valence-electron chi connectivity index (χ3n) is 6.92. The van der Waals surface area contributed by atoms with E-state index >= 15 is 0 Å². The maximum Gasteiger partial charge on any atom is 0.241 e. The smallest absolute Gasteiger partial charge is 0.241 e. The van der Waals surface area contributed by atoms with Gasteiger partial charge in [0.25, 0.3) is 0 Å². The van der Waals surface area contributed by atoms with Gasteiger partial charge in [-0.15, -0.1) is 0 Å². The van der Waals surface area contributed by atoms with Crippen LogP contribution in [-0.2, 0) is 9.59 Å². The van der Waals surface area contributed by atoms with E-state index in [1.165, 1.54) is 27.2 Å². The molecule has 2 amide bonds. The van der Waals surface area contributed by atoms with Gasteiger partial charge in [-0.3, -0.25) is 14.5 Å². The zero-order valence-corrected chi connectivity index (χ0v) is 17.2. The lowest BCUT2D eigenvalue weighted by Crippen LogP contribution is -2.47. The van der Waals surface area contributed by atoms with Crippen LogP contribution in [0.1, 0.15) is 46.9 Å². The van der Waals surface area contributed by atoms with Crippen LogP contribution in [0.25, 0.3) is 0 Å². The van der Waals surface area contributed by atoms with Crippen LogP contribution in [0.15, 0.2) is 77.3 Å². The van der Waals surface area contributed by atoms with Crippen molar-refractivity contribution < 1.29 is 9.59 Å². The minimum Gasteiger partial charge on any atom is -0.274 e. The number of carbonyl (C=O) groups is 2. The lowest BCUT2D eigenvalue weighted by atomic mass is 9.51. The largest absolute Gasteiger partial charge is 0.274 e. The molecule has 1 atom stereocenters. The second-order valence-corrected chi connectivity index (χ2v) is 9.21. The van der Waals surface area contributed by atoms with Crippen LogP contribution in [-0.4, -0.2) is 11.8 Å². The van der Waals surface area contributed by atoms with Crippen molar-refractivity contribution in [2.24, 2.45) is 5.41 Å². The quantitative estimate of drug-likeness (QED) is 0.473. The first-order valence-corrected chi connectivity index (χ1v) is 10.7. The van der Waals surface area contributed by atoms with E-state index in [9.17, 15) is 9.59 Å². The van der Waals surface area contributed by atoms with Gasteiger partial charge in [-0.2, -0.15) is 0 Å². The number of rotatable bonds is 1. The van der Waals surface area contributed by atoms with E-state index in [1.807, 2.05) is 36.4 Å². The Morgan fingerprint density at radius 1 is 0.793 bits per heavy atom. The molecule has 1 aliphatic heterocycles. The van der Waals surface area contributed by atoms with E-state index in [0.29, 0.717) is 12.1 Å². The molecule has 1 spiro atoms. The zero-order chi connectivity index (χ0) is 19.8. The highest BCUT2D eigenvalue weighted by Gasteiger charge is 2.62. The van der Waals surface area contributed by atoms with Gasteiger partial charge in [0.2, 0.25) is 11.8 Å². The highest BCUT2D eigenvalue weighted by molar-refractivity contribution is 9.10. The molecule has 0 N–H and O–H groups in total. The van der Waals surface area contributed by atoms with Crippen LogP contribution in [0.2, 0.25) is 0 Å². The van der Waals surface area contributed by atoms with Gasteiger partial charge in [0.05, 0.1) is 11.1 Å². The van der Waals surface area contributed by atoms with Crippen molar-refractivity contribution in [1.82, 2.24) is 0 Å². The zero-order valence-electron chi connectivity index (χ0n) is 15.6. The second kappa shape index (κ2) is 5.90. The molecular weight excluding hydrogens is 426 g/mol. The molecule has 3 aromatic rings. The van der Waals surface area contributed by atoms with Crippen molar-refractivity contribution in [3.63, 3.8) is 0 Å². The van der Waals surface area contributed by atoms with Crippen LogP contribution >= 0.6 is 15.9 Å². The number of halogens is 1. The molecule has 4 heteroatoms. The molecule has 0 radical (unpaired) electrons. The number of anilines is 1. The molecule has 142 valence electrons. The van der Waals surface area contributed by atoms with Gasteiger partial charge in [-0.05, 0) is 52.9 Å². The van der Waals surface area contributed by atoms with Crippen LogP contribution in [0.4, 0.5) is 5.69 Å². The Labute approximate surface area is 177 Å². The van der Waals surface area contributed by atoms with E-state index in [-0.39, 0.29) is 30.1 Å². The molecule has 1 heterocycles. The van der Waals surface area contributed by atoms with Crippen LogP contribution < -0.4 is 4.90 Å². The second-order valence-electron chi connectivity index (χ2n) is 8.29. The minimum atomic E-state index is -0.697. The van der Waals surface area contributed by atoms with E-state index in [0.717, 1.165) is 4.47 Å². The average molecular weight is 444 g/mol. The lowest BCUT2D eigenvalue weighted by molar-refractivity contribution is -0.127. The van der Waals surface area contributed by atoms with Gasteiger partial charge in [0.15, 0.2) is 0 Å². The first kappa shape index (κ1) is 17.2. The Hall–Kier alpha value is -2.72. The van der Waals surface area contributed by atoms with E-state index in [2.05, 4.69) is 52.3 Å². The number of amides is 2. The molecule has 2 bridgehead atoms. The predicted octanol–water partition coefficient (Wildman–Crippen LogP) is 5.38. The summed E-state index contributed by atoms with van der Waals surface area (Å²) in [6, 6.07) is 24.3. The molecule has 1 unspecified atom stereocenters. The monoisotopic (exact) mass is 443 g/mol. The van der Waals surface area contributed by atoms with Gasteiger partial charge in [0.1, 0.15) is 0 Å². The fourth-order valence-corrected chi connectivity index (χ4v) is 6.08. The molecular formula is C25H18BrNO2. The lowest BCUT2D eigenvalue weighted by Gasteiger charge is -2.50. The fourth-order valence-electron chi connectivity index (χ4n) is 5.81. The van der Waals surface area contributed by atoms with Crippen LogP contribution in [0, 0.1) is 5.41 Å². The van der Waals surface area contributed by atoms with Crippen LogP contribution in [0.5, 0.6) is 0 Å². The molecule has 3 nitrogen and oxygen atoms in total. The minimum absolute atomic E-state index is 0.0520. The summed E-state index contributed by atoms with van der Waals surface area (Å²) in [5.74, 6) is -0.0607. The van der Waals surface area contributed by atoms with Gasteiger partial charge in [-0.25, -0.2) is 0 Å². The fraction of sp³-hybridized carbons (Fsp3) is 0.200. The highest BCUT2D eigenvalue weighted by atomic mass is 79.9. The maximum atomic E-state index is 13.9. The average Bonchev–Trinajstić information content (AvgIpc) is 2.98. The summed E-state index contributed by atoms with van der Waals surface area (Å²) in [5.41, 5.74) is 5.00. The van der Waals surface area contributed by atoms with Crippen molar-refractivity contribution >= 4 is 33.4 Å².